The van der Waals surface area contributed by atoms with Gasteiger partial charge in [-0.15, -0.1) is 0 Å². The first-order chi connectivity index (χ1) is 7.72. The van der Waals surface area contributed by atoms with Gasteiger partial charge in [0.05, 0.1) is 0 Å². The van der Waals surface area contributed by atoms with Crippen LogP contribution in [0, 0.1) is 5.92 Å². The fourth-order valence-electron chi connectivity index (χ4n) is 1.95. The number of hydrogen-bond acceptors (Lipinski definition) is 4. The van der Waals surface area contributed by atoms with E-state index in [0.717, 1.165) is 0 Å². The van der Waals surface area contributed by atoms with Gasteiger partial charge >= 0.3 is 0 Å². The molecule has 2 fully saturated rings. The minimum absolute atomic E-state index is 0.00296. The van der Waals surface area contributed by atoms with Crippen LogP contribution in [0.15, 0.2) is 5.11 Å². The molecule has 2 aliphatic rings. The molecule has 2 unspecified atom stereocenters. The normalized spacial score (nSPS) is 29.1. The quantitative estimate of drug-likeness (QED) is 0.400. The summed E-state index contributed by atoms with van der Waals surface area (Å²) in [5.41, 5.74) is 10.4. The third-order valence-corrected chi connectivity index (χ3v) is 2.73. The van der Waals surface area contributed by atoms with E-state index in [4.69, 9.17) is 10.4 Å². The Morgan fingerprint density at radius 3 is 3.06 bits per heavy atom. The number of hydrogen-bond donors (Lipinski definition) is 1. The van der Waals surface area contributed by atoms with Crippen molar-refractivity contribution >= 4 is 11.8 Å². The standard InChI is InChI=1S/C8H11N5O3/c9-12-10-2-5-1-7(14)13(3-5)6-4-16-11-8(6)15/h5-6H,1-4H2,(H,11,15). The van der Waals surface area contributed by atoms with Crippen LogP contribution in [0.3, 0.4) is 0 Å². The lowest BCUT2D eigenvalue weighted by Gasteiger charge is -2.20. The Bertz CT molecular complexity index is 365. The van der Waals surface area contributed by atoms with E-state index < -0.39 is 6.04 Å². The molecule has 0 saturated carbocycles. The molecule has 2 heterocycles. The number of amides is 2. The highest BCUT2D eigenvalue weighted by molar-refractivity contribution is 5.89. The van der Waals surface area contributed by atoms with E-state index in [1.54, 1.807) is 0 Å². The lowest BCUT2D eigenvalue weighted by Crippen LogP contribution is -2.43. The summed E-state index contributed by atoms with van der Waals surface area (Å²) < 4.78 is 0. The van der Waals surface area contributed by atoms with E-state index in [9.17, 15) is 9.59 Å². The summed E-state index contributed by atoms with van der Waals surface area (Å²) >= 11 is 0. The van der Waals surface area contributed by atoms with Crippen LogP contribution in [0.25, 0.3) is 10.4 Å². The van der Waals surface area contributed by atoms with E-state index in [0.29, 0.717) is 13.0 Å². The summed E-state index contributed by atoms with van der Waals surface area (Å²) in [6.45, 7) is 0.909. The molecule has 86 valence electrons. The van der Waals surface area contributed by atoms with Gasteiger partial charge in [0, 0.05) is 24.4 Å². The molecule has 16 heavy (non-hydrogen) atoms. The van der Waals surface area contributed by atoms with E-state index in [-0.39, 0.29) is 30.9 Å². The number of nitrogens with zero attached hydrogens (tertiary/aromatic N) is 4. The Labute approximate surface area is 91.1 Å². The molecule has 0 aromatic heterocycles. The zero-order chi connectivity index (χ0) is 11.5. The Morgan fingerprint density at radius 1 is 1.62 bits per heavy atom. The smallest absolute Gasteiger partial charge is 0.268 e. The number of likely N-dealkylation sites (tertiary alicyclic amines) is 1. The fraction of sp³-hybridized carbons (Fsp3) is 0.750. The second-order valence-electron chi connectivity index (χ2n) is 3.82. The molecule has 2 amide bonds. The molecule has 8 heteroatoms. The molecule has 2 rings (SSSR count). The molecule has 0 aliphatic carbocycles. The maximum absolute atomic E-state index is 11.6. The van der Waals surface area contributed by atoms with Gasteiger partial charge in [-0.2, -0.15) is 0 Å². The van der Waals surface area contributed by atoms with Gasteiger partial charge in [-0.05, 0) is 11.4 Å². The topological polar surface area (TPSA) is 107 Å². The van der Waals surface area contributed by atoms with Crippen LogP contribution >= 0.6 is 0 Å². The van der Waals surface area contributed by atoms with Gasteiger partial charge in [0.25, 0.3) is 5.91 Å². The lowest BCUT2D eigenvalue weighted by molar-refractivity contribution is -0.135. The first-order valence-electron chi connectivity index (χ1n) is 4.94. The number of carbonyl (C=O) groups excluding carboxylic acids is 2. The zero-order valence-electron chi connectivity index (χ0n) is 8.50. The van der Waals surface area contributed by atoms with Gasteiger partial charge in [0.2, 0.25) is 5.91 Å². The van der Waals surface area contributed by atoms with Crippen LogP contribution in [0.1, 0.15) is 6.42 Å². The molecule has 8 nitrogen and oxygen atoms in total. The Hall–Kier alpha value is -1.79. The van der Waals surface area contributed by atoms with Crippen molar-refractivity contribution in [3.63, 3.8) is 0 Å². The second-order valence-corrected chi connectivity index (χ2v) is 3.82. The molecule has 2 atom stereocenters. The molecule has 1 N–H and O–H groups in total. The molecule has 2 saturated heterocycles. The number of rotatable bonds is 3. The summed E-state index contributed by atoms with van der Waals surface area (Å²) in [4.78, 5) is 31.9. The van der Waals surface area contributed by atoms with E-state index in [1.807, 2.05) is 0 Å². The first kappa shape index (κ1) is 10.7. The van der Waals surface area contributed by atoms with Crippen molar-refractivity contribution in [1.29, 1.82) is 0 Å². The van der Waals surface area contributed by atoms with Crippen molar-refractivity contribution in [1.82, 2.24) is 10.4 Å². The molecular formula is C8H11N5O3. The van der Waals surface area contributed by atoms with Crippen molar-refractivity contribution in [2.45, 2.75) is 12.5 Å². The summed E-state index contributed by atoms with van der Waals surface area (Å²) in [6, 6.07) is -0.538. The van der Waals surface area contributed by atoms with Crippen LogP contribution in [-0.2, 0) is 14.4 Å². The zero-order valence-corrected chi connectivity index (χ0v) is 8.50. The highest BCUT2D eigenvalue weighted by Gasteiger charge is 2.40. The van der Waals surface area contributed by atoms with Crippen molar-refractivity contribution in [3.8, 4) is 0 Å². The van der Waals surface area contributed by atoms with Crippen molar-refractivity contribution in [2.24, 2.45) is 11.0 Å². The monoisotopic (exact) mass is 225 g/mol. The maximum atomic E-state index is 11.6. The van der Waals surface area contributed by atoms with Gasteiger partial charge in [-0.3, -0.25) is 14.4 Å². The fourth-order valence-corrected chi connectivity index (χ4v) is 1.95. The molecule has 2 aliphatic heterocycles. The Balaban J connectivity index is 1.99. The largest absolute Gasteiger partial charge is 0.328 e. The van der Waals surface area contributed by atoms with Gasteiger partial charge in [0.1, 0.15) is 12.6 Å². The third kappa shape index (κ3) is 1.93. The van der Waals surface area contributed by atoms with Crippen molar-refractivity contribution in [2.75, 3.05) is 19.7 Å². The predicted molar refractivity (Wildman–Crippen MR) is 51.7 cm³/mol. The highest BCUT2D eigenvalue weighted by atomic mass is 16.7. The summed E-state index contributed by atoms with van der Waals surface area (Å²) in [7, 11) is 0. The van der Waals surface area contributed by atoms with Crippen LogP contribution in [0.5, 0.6) is 0 Å². The average molecular weight is 225 g/mol. The number of azide groups is 1. The minimum Gasteiger partial charge on any atom is -0.328 e. The van der Waals surface area contributed by atoms with Gasteiger partial charge in [-0.25, -0.2) is 5.48 Å². The summed E-state index contributed by atoms with van der Waals surface area (Å²) in [5.74, 6) is -0.390. The van der Waals surface area contributed by atoms with Crippen molar-refractivity contribution in [3.05, 3.63) is 10.4 Å². The first-order valence-corrected chi connectivity index (χ1v) is 4.94. The number of hydroxylamine groups is 1. The molecule has 0 radical (unpaired) electrons. The maximum Gasteiger partial charge on any atom is 0.268 e. The number of nitrogens with one attached hydrogen (secondary N) is 1. The molecule has 0 spiro atoms. The van der Waals surface area contributed by atoms with E-state index >= 15 is 0 Å². The summed E-state index contributed by atoms with van der Waals surface area (Å²) in [5, 5.41) is 3.44. The molecule has 0 aromatic carbocycles. The van der Waals surface area contributed by atoms with Crippen LogP contribution in [-0.4, -0.2) is 42.5 Å². The SMILES string of the molecule is [N-]=[N+]=NCC1CC(=O)N(C2CONC2=O)C1. The molecular weight excluding hydrogens is 214 g/mol. The van der Waals surface area contributed by atoms with Gasteiger partial charge in [0.15, 0.2) is 0 Å². The Kier molecular flexibility index (Phi) is 2.93. The number of carbonyl (C=O) groups is 2. The van der Waals surface area contributed by atoms with E-state index in [2.05, 4.69) is 15.5 Å². The van der Waals surface area contributed by atoms with Crippen molar-refractivity contribution < 1.29 is 14.4 Å². The second kappa shape index (κ2) is 4.38. The highest BCUT2D eigenvalue weighted by Crippen LogP contribution is 2.22. The average Bonchev–Trinajstić information content (AvgIpc) is 2.82. The van der Waals surface area contributed by atoms with Crippen LogP contribution in [0.4, 0.5) is 0 Å². The Morgan fingerprint density at radius 2 is 2.44 bits per heavy atom. The summed E-state index contributed by atoms with van der Waals surface area (Å²) in [6.07, 6.45) is 0.322. The van der Waals surface area contributed by atoms with Gasteiger partial charge in [-0.1, -0.05) is 5.11 Å². The van der Waals surface area contributed by atoms with Gasteiger partial charge < -0.3 is 4.90 Å². The van der Waals surface area contributed by atoms with Crippen LogP contribution in [0.2, 0.25) is 0 Å². The predicted octanol–water partition coefficient (Wildman–Crippen LogP) is -0.425. The molecule has 0 bridgehead atoms. The molecule has 0 aromatic rings. The third-order valence-electron chi connectivity index (χ3n) is 2.73. The lowest BCUT2D eigenvalue weighted by atomic mass is 10.1. The van der Waals surface area contributed by atoms with E-state index in [1.165, 1.54) is 4.90 Å². The van der Waals surface area contributed by atoms with Crippen LogP contribution < -0.4 is 5.48 Å². The minimum atomic E-state index is -0.538.